The zero-order valence-electron chi connectivity index (χ0n) is 15.6. The second-order valence-corrected chi connectivity index (χ2v) is 9.88. The minimum Gasteiger partial charge on any atom is -0.379 e. The molecule has 28 heavy (non-hydrogen) atoms. The molecule has 2 aliphatic rings. The van der Waals surface area contributed by atoms with Crippen LogP contribution in [0.5, 0.6) is 0 Å². The predicted molar refractivity (Wildman–Crippen MR) is 108 cm³/mol. The number of hydrogen-bond acceptors (Lipinski definition) is 5. The summed E-state index contributed by atoms with van der Waals surface area (Å²) < 4.78 is 32.0. The topological polar surface area (TPSA) is 66.9 Å². The van der Waals surface area contributed by atoms with Crippen LogP contribution in [0.15, 0.2) is 46.0 Å². The Bertz CT molecular complexity index is 896. The number of carbonyl (C=O) groups is 1. The van der Waals surface area contributed by atoms with E-state index in [0.717, 1.165) is 25.9 Å². The van der Waals surface area contributed by atoms with Gasteiger partial charge in [-0.2, -0.15) is 15.6 Å². The number of ether oxygens (including phenoxy) is 1. The van der Waals surface area contributed by atoms with E-state index < -0.39 is 10.0 Å². The van der Waals surface area contributed by atoms with E-state index in [1.807, 2.05) is 4.90 Å². The van der Waals surface area contributed by atoms with Crippen molar-refractivity contribution in [3.05, 3.63) is 52.2 Å². The molecular formula is C20H24N2O4S2. The molecule has 0 bridgehead atoms. The first kappa shape index (κ1) is 19.6. The molecule has 1 aromatic heterocycles. The van der Waals surface area contributed by atoms with Crippen molar-refractivity contribution in [3.63, 3.8) is 0 Å². The third kappa shape index (κ3) is 4.00. The second kappa shape index (κ2) is 8.32. The van der Waals surface area contributed by atoms with Gasteiger partial charge in [-0.25, -0.2) is 8.42 Å². The number of rotatable bonds is 4. The van der Waals surface area contributed by atoms with E-state index in [1.54, 1.807) is 23.5 Å². The van der Waals surface area contributed by atoms with E-state index >= 15 is 0 Å². The van der Waals surface area contributed by atoms with Crippen LogP contribution in [0, 0.1) is 0 Å². The molecule has 0 unspecified atom stereocenters. The van der Waals surface area contributed by atoms with Gasteiger partial charge in [0.1, 0.15) is 0 Å². The van der Waals surface area contributed by atoms with Crippen LogP contribution in [0.4, 0.5) is 0 Å². The minimum atomic E-state index is -3.53. The van der Waals surface area contributed by atoms with E-state index in [1.165, 1.54) is 22.0 Å². The number of sulfonamides is 1. The molecule has 1 amide bonds. The molecule has 4 rings (SSSR count). The normalized spacial score (nSPS) is 19.6. The molecule has 150 valence electrons. The van der Waals surface area contributed by atoms with Crippen molar-refractivity contribution in [3.8, 4) is 0 Å². The molecule has 2 fully saturated rings. The highest BCUT2D eigenvalue weighted by Crippen LogP contribution is 2.30. The second-order valence-electron chi connectivity index (χ2n) is 7.16. The van der Waals surface area contributed by atoms with Crippen LogP contribution < -0.4 is 0 Å². The maximum Gasteiger partial charge on any atom is 0.253 e. The summed E-state index contributed by atoms with van der Waals surface area (Å²) in [6.45, 7) is 3.01. The monoisotopic (exact) mass is 420 g/mol. The first-order valence-electron chi connectivity index (χ1n) is 9.55. The average molecular weight is 421 g/mol. The molecule has 0 aliphatic carbocycles. The number of benzene rings is 1. The number of morpholine rings is 1. The van der Waals surface area contributed by atoms with Crippen LogP contribution >= 0.6 is 11.3 Å². The number of piperidine rings is 1. The van der Waals surface area contributed by atoms with Crippen LogP contribution in [-0.4, -0.2) is 62.9 Å². The molecule has 3 heterocycles. The Kier molecular flexibility index (Phi) is 5.82. The van der Waals surface area contributed by atoms with Gasteiger partial charge in [0.15, 0.2) is 0 Å². The van der Waals surface area contributed by atoms with Crippen LogP contribution in [0.25, 0.3) is 0 Å². The fourth-order valence-electron chi connectivity index (χ4n) is 3.81. The largest absolute Gasteiger partial charge is 0.379 e. The number of amides is 1. The third-order valence-corrected chi connectivity index (χ3v) is 8.12. The summed E-state index contributed by atoms with van der Waals surface area (Å²) in [6.07, 6.45) is 1.93. The fourth-order valence-corrected chi connectivity index (χ4v) is 5.96. The third-order valence-electron chi connectivity index (χ3n) is 5.51. The zero-order valence-corrected chi connectivity index (χ0v) is 17.3. The van der Waals surface area contributed by atoms with Gasteiger partial charge in [0.2, 0.25) is 10.0 Å². The fraction of sp³-hybridized carbons (Fsp3) is 0.450. The van der Waals surface area contributed by atoms with Gasteiger partial charge in [0.05, 0.1) is 18.1 Å². The number of hydrogen-bond donors (Lipinski definition) is 0. The molecule has 2 aromatic rings. The van der Waals surface area contributed by atoms with Crippen molar-refractivity contribution in [1.82, 2.24) is 9.21 Å². The summed E-state index contributed by atoms with van der Waals surface area (Å²) in [5.41, 5.74) is 1.91. The van der Waals surface area contributed by atoms with Crippen molar-refractivity contribution in [1.29, 1.82) is 0 Å². The maximum absolute atomic E-state index is 12.8. The summed E-state index contributed by atoms with van der Waals surface area (Å²) in [6, 6.07) is 8.49. The van der Waals surface area contributed by atoms with Crippen molar-refractivity contribution >= 4 is 27.3 Å². The Morgan fingerprint density at radius 1 is 1.00 bits per heavy atom. The van der Waals surface area contributed by atoms with Crippen molar-refractivity contribution in [2.24, 2.45) is 0 Å². The Hall–Kier alpha value is -1.74. The lowest BCUT2D eigenvalue weighted by Crippen LogP contribution is -2.40. The molecule has 6 nitrogen and oxygen atoms in total. The predicted octanol–water partition coefficient (Wildman–Crippen LogP) is 2.79. The number of carbonyl (C=O) groups excluding carboxylic acids is 1. The molecule has 0 N–H and O–H groups in total. The lowest BCUT2D eigenvalue weighted by molar-refractivity contribution is 0.0713. The number of nitrogens with zero attached hydrogens (tertiary/aromatic N) is 2. The summed E-state index contributed by atoms with van der Waals surface area (Å²) in [4.78, 5) is 14.9. The Morgan fingerprint density at radius 2 is 1.68 bits per heavy atom. The van der Waals surface area contributed by atoms with Gasteiger partial charge in [-0.3, -0.25) is 4.79 Å². The molecule has 2 aliphatic heterocycles. The average Bonchev–Trinajstić information content (AvgIpc) is 3.29. The number of likely N-dealkylation sites (tertiary alicyclic amines) is 1. The van der Waals surface area contributed by atoms with Crippen molar-refractivity contribution in [2.45, 2.75) is 23.7 Å². The smallest absolute Gasteiger partial charge is 0.253 e. The highest BCUT2D eigenvalue weighted by atomic mass is 32.2. The first-order chi connectivity index (χ1) is 13.6. The highest BCUT2D eigenvalue weighted by Gasteiger charge is 2.28. The zero-order chi connectivity index (χ0) is 19.6. The van der Waals surface area contributed by atoms with Crippen molar-refractivity contribution < 1.29 is 17.9 Å². The van der Waals surface area contributed by atoms with Crippen LogP contribution in [0.1, 0.15) is 34.7 Å². The molecule has 2 saturated heterocycles. The summed E-state index contributed by atoms with van der Waals surface area (Å²) >= 11 is 1.71. The van der Waals surface area contributed by atoms with Gasteiger partial charge in [-0.1, -0.05) is 0 Å². The summed E-state index contributed by atoms with van der Waals surface area (Å²) in [7, 11) is -3.53. The van der Waals surface area contributed by atoms with Crippen molar-refractivity contribution in [2.75, 3.05) is 39.4 Å². The molecule has 0 radical (unpaired) electrons. The van der Waals surface area contributed by atoms with Gasteiger partial charge < -0.3 is 9.64 Å². The van der Waals surface area contributed by atoms with Crippen LogP contribution in [0.3, 0.4) is 0 Å². The highest BCUT2D eigenvalue weighted by molar-refractivity contribution is 7.89. The van der Waals surface area contributed by atoms with E-state index in [-0.39, 0.29) is 10.8 Å². The van der Waals surface area contributed by atoms with Gasteiger partial charge in [-0.15, -0.1) is 0 Å². The standard InChI is InChI=1S/C20H24N2O4S2/c23-20(21-8-5-16(6-9-21)18-7-14-27-15-18)17-1-3-19(4-2-17)28(24,25)22-10-12-26-13-11-22/h1-4,7,14-16H,5-6,8-13H2. The van der Waals surface area contributed by atoms with E-state index in [4.69, 9.17) is 4.74 Å². The lowest BCUT2D eigenvalue weighted by Gasteiger charge is -2.32. The SMILES string of the molecule is O=C(c1ccc(S(=O)(=O)N2CCOCC2)cc1)N1CCC(c2ccsc2)CC1. The molecule has 8 heteroatoms. The molecule has 0 saturated carbocycles. The van der Waals surface area contributed by atoms with Gasteiger partial charge in [-0.05, 0) is 65.4 Å². The van der Waals surface area contributed by atoms with E-state index in [9.17, 15) is 13.2 Å². The maximum atomic E-state index is 12.8. The van der Waals surface area contributed by atoms with E-state index in [2.05, 4.69) is 16.8 Å². The summed E-state index contributed by atoms with van der Waals surface area (Å²) in [5, 5.41) is 4.29. The Morgan fingerprint density at radius 3 is 2.29 bits per heavy atom. The van der Waals surface area contributed by atoms with Crippen LogP contribution in [0.2, 0.25) is 0 Å². The van der Waals surface area contributed by atoms with Gasteiger partial charge in [0, 0.05) is 31.7 Å². The lowest BCUT2D eigenvalue weighted by atomic mass is 9.91. The van der Waals surface area contributed by atoms with Gasteiger partial charge >= 0.3 is 0 Å². The Labute approximate surface area is 169 Å². The number of thiophene rings is 1. The first-order valence-corrected chi connectivity index (χ1v) is 11.9. The summed E-state index contributed by atoms with van der Waals surface area (Å²) in [5.74, 6) is 0.496. The molecule has 1 aromatic carbocycles. The Balaban J connectivity index is 1.40. The molecular weight excluding hydrogens is 396 g/mol. The minimum absolute atomic E-state index is 0.0286. The van der Waals surface area contributed by atoms with E-state index in [0.29, 0.717) is 37.8 Å². The molecule has 0 atom stereocenters. The quantitative estimate of drug-likeness (QED) is 0.763. The molecule has 0 spiro atoms. The van der Waals surface area contributed by atoms with Crippen LogP contribution in [-0.2, 0) is 14.8 Å². The van der Waals surface area contributed by atoms with Gasteiger partial charge in [0.25, 0.3) is 5.91 Å².